The molecule has 1 heterocycles. The Morgan fingerprint density at radius 1 is 1.12 bits per heavy atom. The third kappa shape index (κ3) is 5.39. The van der Waals surface area contributed by atoms with Crippen LogP contribution in [0.3, 0.4) is 0 Å². The van der Waals surface area contributed by atoms with Gasteiger partial charge in [0.1, 0.15) is 0 Å². The second kappa shape index (κ2) is 7.38. The Labute approximate surface area is 108 Å². The summed E-state index contributed by atoms with van der Waals surface area (Å²) in [5.74, 6) is 0. The zero-order chi connectivity index (χ0) is 12.7. The van der Waals surface area contributed by atoms with Crippen LogP contribution >= 0.6 is 0 Å². The van der Waals surface area contributed by atoms with E-state index in [0.717, 1.165) is 6.54 Å². The molecule has 1 aliphatic rings. The number of hydrogen-bond acceptors (Lipinski definition) is 2. The van der Waals surface area contributed by atoms with Crippen LogP contribution in [0.25, 0.3) is 0 Å². The summed E-state index contributed by atoms with van der Waals surface area (Å²) in [4.78, 5) is 2.67. The van der Waals surface area contributed by atoms with E-state index in [2.05, 4.69) is 37.9 Å². The Balaban J connectivity index is 2.15. The lowest BCUT2D eigenvalue weighted by Gasteiger charge is -2.45. The Morgan fingerprint density at radius 2 is 1.76 bits per heavy atom. The largest absolute Gasteiger partial charge is 0.311 e. The third-order valence-electron chi connectivity index (χ3n) is 4.02. The van der Waals surface area contributed by atoms with Gasteiger partial charge in [-0.3, -0.25) is 4.90 Å². The maximum absolute atomic E-state index is 3.58. The molecule has 0 radical (unpaired) electrons. The number of piperazine rings is 1. The average molecular weight is 240 g/mol. The lowest BCUT2D eigenvalue weighted by Crippen LogP contribution is -2.61. The minimum atomic E-state index is 0.343. The van der Waals surface area contributed by atoms with Gasteiger partial charge in [0.05, 0.1) is 0 Å². The van der Waals surface area contributed by atoms with Crippen LogP contribution in [0.1, 0.15) is 66.2 Å². The molecule has 1 rings (SSSR count). The van der Waals surface area contributed by atoms with Crippen LogP contribution in [-0.2, 0) is 0 Å². The lowest BCUT2D eigenvalue weighted by molar-refractivity contribution is 0.0684. The van der Waals surface area contributed by atoms with Crippen molar-refractivity contribution in [3.05, 3.63) is 0 Å². The van der Waals surface area contributed by atoms with Crippen LogP contribution in [0.4, 0.5) is 0 Å². The molecule has 1 aliphatic heterocycles. The van der Waals surface area contributed by atoms with Crippen molar-refractivity contribution in [3.8, 4) is 0 Å². The van der Waals surface area contributed by atoms with Crippen LogP contribution in [-0.4, -0.2) is 36.1 Å². The van der Waals surface area contributed by atoms with E-state index >= 15 is 0 Å². The molecule has 1 saturated heterocycles. The third-order valence-corrected chi connectivity index (χ3v) is 4.02. The van der Waals surface area contributed by atoms with Crippen molar-refractivity contribution in [2.75, 3.05) is 19.6 Å². The summed E-state index contributed by atoms with van der Waals surface area (Å²) in [6, 6.07) is 0.656. The van der Waals surface area contributed by atoms with Crippen LogP contribution in [0.5, 0.6) is 0 Å². The second-order valence-corrected chi connectivity index (χ2v) is 6.31. The van der Waals surface area contributed by atoms with Gasteiger partial charge in [0.25, 0.3) is 0 Å². The predicted octanol–water partition coefficient (Wildman–Crippen LogP) is 3.42. The van der Waals surface area contributed by atoms with Gasteiger partial charge in [-0.05, 0) is 33.7 Å². The fraction of sp³-hybridized carbons (Fsp3) is 1.00. The molecule has 0 bridgehead atoms. The first kappa shape index (κ1) is 15.0. The average Bonchev–Trinajstić information content (AvgIpc) is 2.28. The maximum Gasteiger partial charge on any atom is 0.0278 e. The number of hydrogen-bond donors (Lipinski definition) is 1. The highest BCUT2D eigenvalue weighted by Crippen LogP contribution is 2.19. The second-order valence-electron chi connectivity index (χ2n) is 6.31. The first-order valence-corrected chi connectivity index (χ1v) is 7.54. The van der Waals surface area contributed by atoms with E-state index in [4.69, 9.17) is 0 Å². The molecule has 1 fully saturated rings. The first-order chi connectivity index (χ1) is 8.06. The van der Waals surface area contributed by atoms with Gasteiger partial charge < -0.3 is 5.32 Å². The van der Waals surface area contributed by atoms with Crippen molar-refractivity contribution in [1.82, 2.24) is 10.2 Å². The molecule has 1 unspecified atom stereocenters. The fourth-order valence-electron chi connectivity index (χ4n) is 2.66. The quantitative estimate of drug-likeness (QED) is 0.686. The van der Waals surface area contributed by atoms with E-state index in [9.17, 15) is 0 Å². The highest BCUT2D eigenvalue weighted by molar-refractivity contribution is 4.91. The van der Waals surface area contributed by atoms with Gasteiger partial charge in [0, 0.05) is 24.7 Å². The number of nitrogens with zero attached hydrogens (tertiary/aromatic N) is 1. The van der Waals surface area contributed by atoms with Crippen LogP contribution < -0.4 is 5.32 Å². The van der Waals surface area contributed by atoms with Crippen molar-refractivity contribution >= 4 is 0 Å². The molecule has 0 saturated carbocycles. The number of rotatable bonds is 7. The molecule has 2 nitrogen and oxygen atoms in total. The molecule has 17 heavy (non-hydrogen) atoms. The van der Waals surface area contributed by atoms with Gasteiger partial charge in [-0.1, -0.05) is 39.0 Å². The van der Waals surface area contributed by atoms with Gasteiger partial charge in [0.2, 0.25) is 0 Å². The first-order valence-electron chi connectivity index (χ1n) is 7.54. The summed E-state index contributed by atoms with van der Waals surface area (Å²) < 4.78 is 0. The molecule has 0 amide bonds. The van der Waals surface area contributed by atoms with E-state index < -0.39 is 0 Å². The molecule has 2 heteroatoms. The number of unbranched alkanes of at least 4 members (excludes halogenated alkanes) is 5. The van der Waals surface area contributed by atoms with Crippen molar-refractivity contribution in [2.24, 2.45) is 0 Å². The van der Waals surface area contributed by atoms with Gasteiger partial charge >= 0.3 is 0 Å². The minimum absolute atomic E-state index is 0.343. The smallest absolute Gasteiger partial charge is 0.0278 e. The zero-order valence-corrected chi connectivity index (χ0v) is 12.4. The summed E-state index contributed by atoms with van der Waals surface area (Å²) in [6.45, 7) is 12.9. The van der Waals surface area contributed by atoms with Gasteiger partial charge in [0.15, 0.2) is 0 Å². The van der Waals surface area contributed by atoms with Crippen LogP contribution in [0.2, 0.25) is 0 Å². The SMILES string of the molecule is CCCCCCCCN1CC(C)NCC1(C)C. The van der Waals surface area contributed by atoms with E-state index in [-0.39, 0.29) is 0 Å². The molecular formula is C15H32N2. The van der Waals surface area contributed by atoms with Crippen LogP contribution in [0, 0.1) is 0 Å². The van der Waals surface area contributed by atoms with E-state index in [0.29, 0.717) is 11.6 Å². The standard InChI is InChI=1S/C15H32N2/c1-5-6-7-8-9-10-11-17-12-14(2)16-13-15(17,3)4/h14,16H,5-13H2,1-4H3. The Bertz CT molecular complexity index is 201. The van der Waals surface area contributed by atoms with Crippen LogP contribution in [0.15, 0.2) is 0 Å². The molecule has 0 aromatic rings. The van der Waals surface area contributed by atoms with E-state index in [1.165, 1.54) is 51.6 Å². The van der Waals surface area contributed by atoms with Crippen molar-refractivity contribution in [1.29, 1.82) is 0 Å². The minimum Gasteiger partial charge on any atom is -0.311 e. The Hall–Kier alpha value is -0.0800. The molecule has 0 aromatic heterocycles. The summed E-state index contributed by atoms with van der Waals surface area (Å²) in [7, 11) is 0. The molecule has 102 valence electrons. The highest BCUT2D eigenvalue weighted by atomic mass is 15.3. The number of nitrogens with one attached hydrogen (secondary N) is 1. The summed E-state index contributed by atoms with van der Waals surface area (Å²) in [5.41, 5.74) is 0.343. The Morgan fingerprint density at radius 3 is 2.47 bits per heavy atom. The van der Waals surface area contributed by atoms with Gasteiger partial charge in [-0.2, -0.15) is 0 Å². The summed E-state index contributed by atoms with van der Waals surface area (Å²) >= 11 is 0. The molecular weight excluding hydrogens is 208 g/mol. The molecule has 0 aromatic carbocycles. The van der Waals surface area contributed by atoms with E-state index in [1.807, 2.05) is 0 Å². The lowest BCUT2D eigenvalue weighted by atomic mass is 9.97. The Kier molecular flexibility index (Phi) is 6.50. The molecule has 0 spiro atoms. The van der Waals surface area contributed by atoms with Crippen molar-refractivity contribution < 1.29 is 0 Å². The van der Waals surface area contributed by atoms with Gasteiger partial charge in [-0.25, -0.2) is 0 Å². The van der Waals surface area contributed by atoms with Gasteiger partial charge in [-0.15, -0.1) is 0 Å². The monoisotopic (exact) mass is 240 g/mol. The van der Waals surface area contributed by atoms with Crippen molar-refractivity contribution in [2.45, 2.75) is 77.8 Å². The normalized spacial score (nSPS) is 25.1. The van der Waals surface area contributed by atoms with E-state index in [1.54, 1.807) is 0 Å². The topological polar surface area (TPSA) is 15.3 Å². The van der Waals surface area contributed by atoms with Crippen molar-refractivity contribution in [3.63, 3.8) is 0 Å². The molecule has 0 aliphatic carbocycles. The molecule has 1 N–H and O–H groups in total. The maximum atomic E-state index is 3.58. The molecule has 1 atom stereocenters. The fourth-order valence-corrected chi connectivity index (χ4v) is 2.66. The summed E-state index contributed by atoms with van der Waals surface area (Å²) in [6.07, 6.45) is 8.40. The summed E-state index contributed by atoms with van der Waals surface area (Å²) in [5, 5.41) is 3.58. The highest BCUT2D eigenvalue weighted by Gasteiger charge is 2.31. The zero-order valence-electron chi connectivity index (χ0n) is 12.4. The predicted molar refractivity (Wildman–Crippen MR) is 76.5 cm³/mol.